The number of carbonyl (C=O) groups is 4. The number of ether oxygens (including phenoxy) is 2. The summed E-state index contributed by atoms with van der Waals surface area (Å²) in [5.74, 6) is -6.63. The molecule has 0 aliphatic carbocycles. The van der Waals surface area contributed by atoms with E-state index in [1.807, 2.05) is 0 Å². The predicted octanol–water partition coefficient (Wildman–Crippen LogP) is 1.72. The van der Waals surface area contributed by atoms with Crippen LogP contribution in [-0.2, 0) is 0 Å². The topological polar surface area (TPSA) is 168 Å². The second kappa shape index (κ2) is 5.71. The quantitative estimate of drug-likeness (QED) is 0.607. The molecule has 0 saturated heterocycles. The fourth-order valence-electron chi connectivity index (χ4n) is 3.45. The summed E-state index contributed by atoms with van der Waals surface area (Å²) in [6, 6.07) is 4.31. The number of hydrogen-bond donors (Lipinski definition) is 4. The lowest BCUT2D eigenvalue weighted by molar-refractivity contribution is 0.0303. The van der Waals surface area contributed by atoms with Gasteiger partial charge in [-0.25, -0.2) is 19.2 Å². The van der Waals surface area contributed by atoms with E-state index in [4.69, 9.17) is 9.47 Å². The molecule has 0 atom stereocenters. The molecular weight excluding hydrogens is 376 g/mol. The lowest BCUT2D eigenvalue weighted by Crippen LogP contribution is -2.20. The van der Waals surface area contributed by atoms with Crippen LogP contribution in [0, 0.1) is 0 Å². The van der Waals surface area contributed by atoms with E-state index in [2.05, 4.69) is 0 Å². The van der Waals surface area contributed by atoms with Crippen LogP contribution in [0.5, 0.6) is 11.5 Å². The third-order valence-corrected chi connectivity index (χ3v) is 4.60. The summed E-state index contributed by atoms with van der Waals surface area (Å²) >= 11 is 0. The SMILES string of the molecule is O=C(O)c1cc(C(=O)O)c2c(c1)C1c3cc(C(=O)O)cc(C(=O)O)c3OC1O2. The average molecular weight is 386 g/mol. The molecule has 142 valence electrons. The molecule has 2 aliphatic heterocycles. The zero-order valence-corrected chi connectivity index (χ0v) is 13.7. The van der Waals surface area contributed by atoms with Crippen LogP contribution in [0.3, 0.4) is 0 Å². The molecule has 10 nitrogen and oxygen atoms in total. The van der Waals surface area contributed by atoms with E-state index >= 15 is 0 Å². The largest absolute Gasteiger partial charge is 0.478 e. The van der Waals surface area contributed by atoms with Gasteiger partial charge in [0.15, 0.2) is 0 Å². The summed E-state index contributed by atoms with van der Waals surface area (Å²) in [5, 5.41) is 37.3. The maximum absolute atomic E-state index is 11.5. The van der Waals surface area contributed by atoms with Crippen LogP contribution in [0.4, 0.5) is 0 Å². The molecule has 0 unspecified atom stereocenters. The molecule has 0 radical (unpaired) electrons. The van der Waals surface area contributed by atoms with Crippen molar-refractivity contribution in [2.45, 2.75) is 12.2 Å². The number of rotatable bonds is 4. The number of fused-ring (bicyclic) bond motifs is 5. The highest BCUT2D eigenvalue weighted by Crippen LogP contribution is 2.53. The predicted molar refractivity (Wildman–Crippen MR) is 87.6 cm³/mol. The van der Waals surface area contributed by atoms with Crippen molar-refractivity contribution in [2.75, 3.05) is 0 Å². The molecule has 4 N–H and O–H groups in total. The van der Waals surface area contributed by atoms with Gasteiger partial charge in [-0.1, -0.05) is 0 Å². The third kappa shape index (κ3) is 2.35. The Morgan fingerprint density at radius 2 is 1.04 bits per heavy atom. The van der Waals surface area contributed by atoms with Gasteiger partial charge in [-0.15, -0.1) is 0 Å². The van der Waals surface area contributed by atoms with E-state index < -0.39 is 36.1 Å². The van der Waals surface area contributed by atoms with Gasteiger partial charge >= 0.3 is 23.9 Å². The van der Waals surface area contributed by atoms with Crippen molar-refractivity contribution in [2.24, 2.45) is 0 Å². The second-order valence-electron chi connectivity index (χ2n) is 6.19. The molecule has 0 spiro atoms. The monoisotopic (exact) mass is 386 g/mol. The third-order valence-electron chi connectivity index (χ3n) is 4.60. The Kier molecular flexibility index (Phi) is 3.54. The van der Waals surface area contributed by atoms with E-state index in [1.54, 1.807) is 0 Å². The minimum absolute atomic E-state index is 0.101. The zero-order chi connectivity index (χ0) is 20.3. The van der Waals surface area contributed by atoms with Gasteiger partial charge in [0.1, 0.15) is 22.6 Å². The second-order valence-corrected chi connectivity index (χ2v) is 6.19. The van der Waals surface area contributed by atoms with Crippen molar-refractivity contribution in [3.63, 3.8) is 0 Å². The molecule has 0 bridgehead atoms. The average Bonchev–Trinajstić information content (AvgIpc) is 3.15. The number of carboxylic acid groups (broad SMARTS) is 4. The number of benzene rings is 2. The lowest BCUT2D eigenvalue weighted by atomic mass is 9.88. The molecule has 0 saturated carbocycles. The van der Waals surface area contributed by atoms with Crippen molar-refractivity contribution >= 4 is 23.9 Å². The van der Waals surface area contributed by atoms with Gasteiger partial charge in [0, 0.05) is 11.1 Å². The Bertz CT molecular complexity index is 1010. The first-order chi connectivity index (χ1) is 13.2. The Morgan fingerprint density at radius 1 is 0.643 bits per heavy atom. The van der Waals surface area contributed by atoms with E-state index in [1.165, 1.54) is 12.1 Å². The van der Waals surface area contributed by atoms with Crippen LogP contribution >= 0.6 is 0 Å². The summed E-state index contributed by atoms with van der Waals surface area (Å²) in [4.78, 5) is 45.8. The van der Waals surface area contributed by atoms with Crippen molar-refractivity contribution in [1.29, 1.82) is 0 Å². The van der Waals surface area contributed by atoms with Crippen molar-refractivity contribution in [3.05, 3.63) is 57.6 Å². The maximum Gasteiger partial charge on any atom is 0.339 e. The van der Waals surface area contributed by atoms with Gasteiger partial charge in [0.2, 0.25) is 0 Å². The van der Waals surface area contributed by atoms with Gasteiger partial charge in [0.25, 0.3) is 6.29 Å². The van der Waals surface area contributed by atoms with E-state index in [0.29, 0.717) is 0 Å². The van der Waals surface area contributed by atoms with Crippen LogP contribution in [0.25, 0.3) is 0 Å². The van der Waals surface area contributed by atoms with Gasteiger partial charge < -0.3 is 29.9 Å². The van der Waals surface area contributed by atoms with Crippen LogP contribution in [0.15, 0.2) is 24.3 Å². The Labute approximate surface area is 155 Å². The summed E-state index contributed by atoms with van der Waals surface area (Å²) < 4.78 is 11.1. The van der Waals surface area contributed by atoms with Gasteiger partial charge in [-0.3, -0.25) is 0 Å². The lowest BCUT2D eigenvalue weighted by Gasteiger charge is -2.12. The minimum atomic E-state index is -1.41. The molecule has 10 heteroatoms. The van der Waals surface area contributed by atoms with Crippen molar-refractivity contribution < 1.29 is 49.1 Å². The molecule has 0 amide bonds. The number of hydrogen-bond acceptors (Lipinski definition) is 6. The molecule has 4 rings (SSSR count). The molecule has 0 fully saturated rings. The van der Waals surface area contributed by atoms with Crippen LogP contribution < -0.4 is 9.47 Å². The summed E-state index contributed by atoms with van der Waals surface area (Å²) in [6.07, 6.45) is -1.14. The molecule has 0 aromatic heterocycles. The van der Waals surface area contributed by atoms with Gasteiger partial charge in [-0.05, 0) is 24.3 Å². The van der Waals surface area contributed by atoms with E-state index in [0.717, 1.165) is 12.1 Å². The standard InChI is InChI=1S/C18H10O10/c19-14(20)5-1-7-11-8-2-6(15(21)22)4-10(17(25)26)13(8)28-18(11)27-12(7)9(3-5)16(23)24/h1-4,11,18H,(H,19,20)(H,21,22)(H,23,24)(H,25,26). The molecule has 28 heavy (non-hydrogen) atoms. The molecule has 2 heterocycles. The Balaban J connectivity index is 1.98. The van der Waals surface area contributed by atoms with E-state index in [9.17, 15) is 39.6 Å². The first-order valence-corrected chi connectivity index (χ1v) is 7.81. The van der Waals surface area contributed by atoms with E-state index in [-0.39, 0.29) is 44.9 Å². The van der Waals surface area contributed by atoms with Gasteiger partial charge in [-0.2, -0.15) is 0 Å². The minimum Gasteiger partial charge on any atom is -0.478 e. The number of aromatic carboxylic acids is 4. The summed E-state index contributed by atoms with van der Waals surface area (Å²) in [6.45, 7) is 0. The highest BCUT2D eigenvalue weighted by Gasteiger charge is 2.48. The molecular formula is C18H10O10. The highest BCUT2D eigenvalue weighted by molar-refractivity contribution is 5.99. The zero-order valence-electron chi connectivity index (χ0n) is 13.7. The number of carboxylic acids is 4. The molecule has 2 aliphatic rings. The normalized spacial score (nSPS) is 18.3. The van der Waals surface area contributed by atoms with Crippen LogP contribution in [-0.4, -0.2) is 50.6 Å². The first kappa shape index (κ1) is 17.3. The maximum atomic E-state index is 11.5. The molecule has 2 aromatic rings. The highest BCUT2D eigenvalue weighted by atomic mass is 16.7. The Morgan fingerprint density at radius 3 is 1.36 bits per heavy atom. The fraction of sp³-hybridized carbons (Fsp3) is 0.111. The summed E-state index contributed by atoms with van der Waals surface area (Å²) in [7, 11) is 0. The summed E-state index contributed by atoms with van der Waals surface area (Å²) in [5.41, 5.74) is -1.05. The van der Waals surface area contributed by atoms with Crippen molar-refractivity contribution in [3.8, 4) is 11.5 Å². The van der Waals surface area contributed by atoms with Crippen LogP contribution in [0.2, 0.25) is 0 Å². The Hall–Kier alpha value is -4.08. The van der Waals surface area contributed by atoms with Crippen LogP contribution in [0.1, 0.15) is 58.5 Å². The molecule has 2 aromatic carbocycles. The first-order valence-electron chi connectivity index (χ1n) is 7.81. The fourth-order valence-corrected chi connectivity index (χ4v) is 3.45. The van der Waals surface area contributed by atoms with Gasteiger partial charge in [0.05, 0.1) is 17.0 Å². The smallest absolute Gasteiger partial charge is 0.339 e. The van der Waals surface area contributed by atoms with Crippen molar-refractivity contribution in [1.82, 2.24) is 0 Å².